The van der Waals surface area contributed by atoms with Crippen LogP contribution in [0.15, 0.2) is 48.5 Å². The molecule has 0 aliphatic carbocycles. The number of hydrogen-bond donors (Lipinski definition) is 0. The molecule has 0 fully saturated rings. The summed E-state index contributed by atoms with van der Waals surface area (Å²) in [6.45, 7) is 3.93. The fourth-order valence-corrected chi connectivity index (χ4v) is 2.27. The van der Waals surface area contributed by atoms with Crippen LogP contribution in [0.3, 0.4) is 0 Å². The van der Waals surface area contributed by atoms with Crippen LogP contribution in [-0.2, 0) is 9.47 Å². The maximum Gasteiger partial charge on any atom is 0.339 e. The Labute approximate surface area is 141 Å². The van der Waals surface area contributed by atoms with Gasteiger partial charge in [0.15, 0.2) is 0 Å². The highest BCUT2D eigenvalue weighted by Crippen LogP contribution is 2.20. The number of hydrogen-bond acceptors (Lipinski definition) is 4. The van der Waals surface area contributed by atoms with Crippen molar-refractivity contribution in [3.8, 4) is 0 Å². The molecule has 0 aromatic heterocycles. The first-order valence-electron chi connectivity index (χ1n) is 7.87. The lowest BCUT2D eigenvalue weighted by atomic mass is 9.99. The monoisotopic (exact) mass is 324 g/mol. The second-order valence-electron chi connectivity index (χ2n) is 4.95. The Balaban J connectivity index is 2.46. The second kappa shape index (κ2) is 8.67. The summed E-state index contributed by atoms with van der Waals surface area (Å²) < 4.78 is 10.2. The zero-order valence-corrected chi connectivity index (χ0v) is 13.8. The van der Waals surface area contributed by atoms with Crippen LogP contribution in [0, 0.1) is 0 Å². The molecule has 0 bridgehead atoms. The molecule has 4 heteroatoms. The van der Waals surface area contributed by atoms with Crippen molar-refractivity contribution >= 4 is 24.1 Å². The Morgan fingerprint density at radius 1 is 0.833 bits per heavy atom. The molecule has 0 heterocycles. The van der Waals surface area contributed by atoms with E-state index in [-0.39, 0.29) is 24.3 Å². The molecular formula is C20H20O4. The third kappa shape index (κ3) is 4.32. The summed E-state index contributed by atoms with van der Waals surface area (Å²) in [5.74, 6) is -1.07. The van der Waals surface area contributed by atoms with Gasteiger partial charge in [0.1, 0.15) is 0 Å². The van der Waals surface area contributed by atoms with E-state index in [9.17, 15) is 9.59 Å². The molecule has 0 saturated carbocycles. The minimum absolute atomic E-state index is 0.213. The smallest absolute Gasteiger partial charge is 0.339 e. The minimum atomic E-state index is -0.533. The van der Waals surface area contributed by atoms with Crippen LogP contribution in [0.25, 0.3) is 12.2 Å². The van der Waals surface area contributed by atoms with Crippen molar-refractivity contribution in [2.24, 2.45) is 0 Å². The quantitative estimate of drug-likeness (QED) is 0.590. The fraction of sp³-hybridized carbons (Fsp3) is 0.200. The van der Waals surface area contributed by atoms with Gasteiger partial charge in [-0.25, -0.2) is 9.59 Å². The summed E-state index contributed by atoms with van der Waals surface area (Å²) in [7, 11) is 0. The van der Waals surface area contributed by atoms with Crippen molar-refractivity contribution in [2.45, 2.75) is 13.8 Å². The molecule has 0 amide bonds. The van der Waals surface area contributed by atoms with Gasteiger partial charge in [0.2, 0.25) is 0 Å². The first-order valence-corrected chi connectivity index (χ1v) is 7.87. The van der Waals surface area contributed by atoms with Gasteiger partial charge in [0.05, 0.1) is 24.3 Å². The number of ether oxygens (including phenoxy) is 2. The maximum atomic E-state index is 12.3. The highest BCUT2D eigenvalue weighted by Gasteiger charge is 2.21. The molecule has 0 aliphatic rings. The third-order valence-electron chi connectivity index (χ3n) is 3.33. The molecule has 24 heavy (non-hydrogen) atoms. The topological polar surface area (TPSA) is 52.6 Å². The number of esters is 2. The van der Waals surface area contributed by atoms with Gasteiger partial charge in [-0.15, -0.1) is 0 Å². The Hall–Kier alpha value is -2.88. The maximum absolute atomic E-state index is 12.3. The van der Waals surface area contributed by atoms with E-state index in [1.165, 1.54) is 0 Å². The Morgan fingerprint density at radius 2 is 1.50 bits per heavy atom. The van der Waals surface area contributed by atoms with E-state index in [2.05, 4.69) is 0 Å². The van der Waals surface area contributed by atoms with Crippen molar-refractivity contribution in [1.82, 2.24) is 0 Å². The molecule has 0 unspecified atom stereocenters. The summed E-state index contributed by atoms with van der Waals surface area (Å²) in [6, 6.07) is 14.8. The van der Waals surface area contributed by atoms with Crippen LogP contribution in [-0.4, -0.2) is 25.2 Å². The van der Waals surface area contributed by atoms with E-state index >= 15 is 0 Å². The zero-order valence-electron chi connectivity index (χ0n) is 13.8. The van der Waals surface area contributed by atoms with Crippen LogP contribution in [0.4, 0.5) is 0 Å². The largest absolute Gasteiger partial charge is 0.462 e. The van der Waals surface area contributed by atoms with Gasteiger partial charge >= 0.3 is 11.9 Å². The van der Waals surface area contributed by atoms with E-state index in [1.807, 2.05) is 36.4 Å². The van der Waals surface area contributed by atoms with Gasteiger partial charge in [-0.2, -0.15) is 0 Å². The molecule has 2 aromatic carbocycles. The first kappa shape index (κ1) is 17.5. The van der Waals surface area contributed by atoms with E-state index in [0.29, 0.717) is 5.56 Å². The Bertz CT molecular complexity index is 733. The SMILES string of the molecule is CCOC(=O)c1cccc(/C=C/c2ccccc2)c1C(=O)OCC. The minimum Gasteiger partial charge on any atom is -0.462 e. The molecule has 0 radical (unpaired) electrons. The van der Waals surface area contributed by atoms with Crippen LogP contribution in [0.2, 0.25) is 0 Å². The molecule has 4 nitrogen and oxygen atoms in total. The zero-order chi connectivity index (χ0) is 17.4. The van der Waals surface area contributed by atoms with Crippen LogP contribution >= 0.6 is 0 Å². The first-order chi connectivity index (χ1) is 11.7. The van der Waals surface area contributed by atoms with Crippen molar-refractivity contribution in [3.05, 3.63) is 70.8 Å². The Morgan fingerprint density at radius 3 is 2.17 bits per heavy atom. The molecule has 2 rings (SSSR count). The number of rotatable bonds is 6. The number of carbonyl (C=O) groups excluding carboxylic acids is 2. The third-order valence-corrected chi connectivity index (χ3v) is 3.33. The lowest BCUT2D eigenvalue weighted by Crippen LogP contribution is -2.15. The predicted octanol–water partition coefficient (Wildman–Crippen LogP) is 4.21. The Kier molecular flexibility index (Phi) is 6.32. The van der Waals surface area contributed by atoms with Gasteiger partial charge < -0.3 is 9.47 Å². The van der Waals surface area contributed by atoms with Gasteiger partial charge in [-0.1, -0.05) is 54.6 Å². The van der Waals surface area contributed by atoms with Crippen molar-refractivity contribution in [2.75, 3.05) is 13.2 Å². The molecule has 2 aromatic rings. The normalized spacial score (nSPS) is 10.6. The highest BCUT2D eigenvalue weighted by molar-refractivity contribution is 6.06. The summed E-state index contributed by atoms with van der Waals surface area (Å²) in [6.07, 6.45) is 3.68. The summed E-state index contributed by atoms with van der Waals surface area (Å²) in [4.78, 5) is 24.5. The molecule has 0 N–H and O–H groups in total. The van der Waals surface area contributed by atoms with Crippen molar-refractivity contribution < 1.29 is 19.1 Å². The van der Waals surface area contributed by atoms with E-state index in [4.69, 9.17) is 9.47 Å². The molecule has 124 valence electrons. The molecule has 0 spiro atoms. The lowest BCUT2D eigenvalue weighted by Gasteiger charge is -2.11. The highest BCUT2D eigenvalue weighted by atomic mass is 16.5. The summed E-state index contributed by atoms with van der Waals surface area (Å²) in [5, 5.41) is 0. The van der Waals surface area contributed by atoms with Gasteiger partial charge in [-0.05, 0) is 31.0 Å². The fourth-order valence-electron chi connectivity index (χ4n) is 2.27. The second-order valence-corrected chi connectivity index (χ2v) is 4.95. The van der Waals surface area contributed by atoms with Crippen molar-refractivity contribution in [3.63, 3.8) is 0 Å². The van der Waals surface area contributed by atoms with Gasteiger partial charge in [-0.3, -0.25) is 0 Å². The summed E-state index contributed by atoms with van der Waals surface area (Å²) >= 11 is 0. The predicted molar refractivity (Wildman–Crippen MR) is 93.7 cm³/mol. The van der Waals surface area contributed by atoms with Crippen LogP contribution in [0.5, 0.6) is 0 Å². The lowest BCUT2D eigenvalue weighted by molar-refractivity contribution is 0.0478. The molecule has 0 atom stereocenters. The van der Waals surface area contributed by atoms with Crippen LogP contribution < -0.4 is 0 Å². The standard InChI is InChI=1S/C20H20O4/c1-3-23-19(21)17-12-8-11-16(18(17)20(22)24-4-2)14-13-15-9-6-5-7-10-15/h5-14H,3-4H2,1-2H3/b14-13+. The van der Waals surface area contributed by atoms with Gasteiger partial charge in [0.25, 0.3) is 0 Å². The average Bonchev–Trinajstić information content (AvgIpc) is 2.61. The van der Waals surface area contributed by atoms with Gasteiger partial charge in [0, 0.05) is 0 Å². The average molecular weight is 324 g/mol. The number of benzene rings is 2. The molecule has 0 saturated heterocycles. The van der Waals surface area contributed by atoms with E-state index < -0.39 is 11.9 Å². The molecular weight excluding hydrogens is 304 g/mol. The molecule has 0 aliphatic heterocycles. The van der Waals surface area contributed by atoms with E-state index in [1.54, 1.807) is 38.1 Å². The van der Waals surface area contributed by atoms with Crippen LogP contribution in [0.1, 0.15) is 45.7 Å². The van der Waals surface area contributed by atoms with E-state index in [0.717, 1.165) is 5.56 Å². The van der Waals surface area contributed by atoms with Crippen molar-refractivity contribution in [1.29, 1.82) is 0 Å². The summed E-state index contributed by atoms with van der Waals surface area (Å²) in [5.41, 5.74) is 2.05. The number of carbonyl (C=O) groups is 2.